The molecule has 2 atom stereocenters. The summed E-state index contributed by atoms with van der Waals surface area (Å²) in [4.78, 5) is 26.7. The van der Waals surface area contributed by atoms with Crippen LogP contribution in [-0.4, -0.2) is 33.6 Å². The van der Waals surface area contributed by atoms with Gasteiger partial charge in [0, 0.05) is 49.8 Å². The largest absolute Gasteiger partial charge is 0.361 e. The van der Waals surface area contributed by atoms with E-state index in [9.17, 15) is 9.59 Å². The molecule has 0 unspecified atom stereocenters. The summed E-state index contributed by atoms with van der Waals surface area (Å²) in [5.74, 6) is 1.23. The van der Waals surface area contributed by atoms with Crippen LogP contribution in [0.1, 0.15) is 47.6 Å². The molecular formula is C18H21N3O3. The lowest BCUT2D eigenvalue weighted by Gasteiger charge is -2.42. The highest BCUT2D eigenvalue weighted by molar-refractivity contribution is 5.92. The summed E-state index contributed by atoms with van der Waals surface area (Å²) in [7, 11) is 0. The van der Waals surface area contributed by atoms with Gasteiger partial charge < -0.3 is 14.0 Å². The molecule has 0 aromatic carbocycles. The second-order valence-electron chi connectivity index (χ2n) is 6.84. The molecule has 2 bridgehead atoms. The zero-order valence-corrected chi connectivity index (χ0v) is 13.8. The predicted octanol–water partition coefficient (Wildman–Crippen LogP) is 2.05. The zero-order chi connectivity index (χ0) is 16.7. The first-order valence-electron chi connectivity index (χ1n) is 8.60. The van der Waals surface area contributed by atoms with E-state index < -0.39 is 0 Å². The first-order valence-corrected chi connectivity index (χ1v) is 8.60. The number of likely N-dealkylation sites (tertiary alicyclic amines) is 1. The Balaban J connectivity index is 1.57. The van der Waals surface area contributed by atoms with Crippen LogP contribution in [0, 0.1) is 5.92 Å². The molecule has 4 rings (SSSR count). The maximum absolute atomic E-state index is 12.8. The molecule has 1 amide bonds. The van der Waals surface area contributed by atoms with Gasteiger partial charge in [-0.2, -0.15) is 0 Å². The molecule has 1 fully saturated rings. The third-order valence-corrected chi connectivity index (χ3v) is 5.04. The van der Waals surface area contributed by atoms with Gasteiger partial charge in [-0.15, -0.1) is 0 Å². The second kappa shape index (κ2) is 5.92. The second-order valence-corrected chi connectivity index (χ2v) is 6.84. The van der Waals surface area contributed by atoms with E-state index in [2.05, 4.69) is 12.1 Å². The fourth-order valence-electron chi connectivity index (χ4n) is 4.00. The van der Waals surface area contributed by atoms with Crippen molar-refractivity contribution in [1.82, 2.24) is 14.6 Å². The summed E-state index contributed by atoms with van der Waals surface area (Å²) in [6.07, 6.45) is 2.79. The molecule has 0 N–H and O–H groups in total. The van der Waals surface area contributed by atoms with Gasteiger partial charge in [-0.1, -0.05) is 18.1 Å². The van der Waals surface area contributed by atoms with Crippen molar-refractivity contribution in [2.24, 2.45) is 5.92 Å². The number of carbonyl (C=O) groups excluding carboxylic acids is 1. The Kier molecular flexibility index (Phi) is 3.75. The van der Waals surface area contributed by atoms with Gasteiger partial charge >= 0.3 is 0 Å². The number of amides is 1. The number of aromatic nitrogens is 2. The van der Waals surface area contributed by atoms with E-state index in [0.29, 0.717) is 31.2 Å². The maximum Gasteiger partial charge on any atom is 0.276 e. The topological polar surface area (TPSA) is 68.3 Å². The number of fused-ring (bicyclic) bond motifs is 4. The number of piperidine rings is 1. The molecular weight excluding hydrogens is 306 g/mol. The number of nitrogens with zero attached hydrogens (tertiary/aromatic N) is 3. The quantitative estimate of drug-likeness (QED) is 0.865. The van der Waals surface area contributed by atoms with Crippen LogP contribution in [0.4, 0.5) is 0 Å². The van der Waals surface area contributed by atoms with Crippen molar-refractivity contribution < 1.29 is 9.32 Å². The summed E-state index contributed by atoms with van der Waals surface area (Å²) in [5, 5.41) is 3.94. The van der Waals surface area contributed by atoms with Crippen LogP contribution in [-0.2, 0) is 13.0 Å². The van der Waals surface area contributed by atoms with Gasteiger partial charge in [0.05, 0.1) is 0 Å². The van der Waals surface area contributed by atoms with Crippen LogP contribution >= 0.6 is 0 Å². The summed E-state index contributed by atoms with van der Waals surface area (Å²) in [6.45, 7) is 4.06. The molecule has 4 heterocycles. The van der Waals surface area contributed by atoms with Crippen LogP contribution in [0.25, 0.3) is 0 Å². The summed E-state index contributed by atoms with van der Waals surface area (Å²) in [6, 6.07) is 7.18. The molecule has 6 nitrogen and oxygen atoms in total. The highest BCUT2D eigenvalue weighted by Gasteiger charge is 2.37. The van der Waals surface area contributed by atoms with Crippen molar-refractivity contribution in [2.75, 3.05) is 13.1 Å². The highest BCUT2D eigenvalue weighted by Crippen LogP contribution is 2.35. The molecule has 126 valence electrons. The van der Waals surface area contributed by atoms with Gasteiger partial charge in [0.25, 0.3) is 11.5 Å². The summed E-state index contributed by atoms with van der Waals surface area (Å²) < 4.78 is 7.11. The molecule has 0 saturated carbocycles. The van der Waals surface area contributed by atoms with Gasteiger partial charge in [-0.05, 0) is 24.8 Å². The number of hydrogen-bond acceptors (Lipinski definition) is 4. The molecule has 24 heavy (non-hydrogen) atoms. The van der Waals surface area contributed by atoms with E-state index in [4.69, 9.17) is 4.52 Å². The molecule has 2 aromatic rings. The smallest absolute Gasteiger partial charge is 0.276 e. The normalized spacial score (nSPS) is 22.3. The molecule has 2 aromatic heterocycles. The Morgan fingerprint density at radius 3 is 3.04 bits per heavy atom. The number of pyridine rings is 1. The molecule has 0 spiro atoms. The zero-order valence-electron chi connectivity index (χ0n) is 13.8. The lowest BCUT2D eigenvalue weighted by molar-refractivity contribution is 0.0584. The molecule has 6 heteroatoms. The van der Waals surface area contributed by atoms with Crippen LogP contribution < -0.4 is 5.56 Å². The first kappa shape index (κ1) is 15.2. The van der Waals surface area contributed by atoms with Gasteiger partial charge in [-0.25, -0.2) is 0 Å². The average Bonchev–Trinajstić information content (AvgIpc) is 3.04. The standard InChI is InChI=1S/C18H21N3O3/c1-2-4-14-8-15(19-24-14)18(23)20-9-12-7-13(11-20)16-5-3-6-17(22)21(16)10-12/h3,5-6,8,12-13H,2,4,7,9-11H2,1H3/t12-,13+/m0/s1. The molecule has 2 aliphatic rings. The van der Waals surface area contributed by atoms with Crippen molar-refractivity contribution in [3.8, 4) is 0 Å². The fraction of sp³-hybridized carbons (Fsp3) is 0.500. The molecule has 0 aliphatic carbocycles. The predicted molar refractivity (Wildman–Crippen MR) is 88.0 cm³/mol. The Hall–Kier alpha value is -2.37. The third kappa shape index (κ3) is 2.56. The van der Waals surface area contributed by atoms with Crippen molar-refractivity contribution >= 4 is 5.91 Å². The van der Waals surface area contributed by atoms with Crippen LogP contribution in [0.3, 0.4) is 0 Å². The molecule has 1 saturated heterocycles. The Labute approximate surface area is 140 Å². The van der Waals surface area contributed by atoms with Crippen molar-refractivity contribution in [2.45, 2.75) is 38.6 Å². The Morgan fingerprint density at radius 2 is 2.21 bits per heavy atom. The van der Waals surface area contributed by atoms with Crippen LogP contribution in [0.15, 0.2) is 33.6 Å². The average molecular weight is 327 g/mol. The van der Waals surface area contributed by atoms with Gasteiger partial charge in [0.15, 0.2) is 5.69 Å². The van der Waals surface area contributed by atoms with E-state index in [-0.39, 0.29) is 17.4 Å². The van der Waals surface area contributed by atoms with Crippen molar-refractivity contribution in [3.63, 3.8) is 0 Å². The number of carbonyl (C=O) groups is 1. The monoisotopic (exact) mass is 327 g/mol. The summed E-state index contributed by atoms with van der Waals surface area (Å²) >= 11 is 0. The molecule has 0 radical (unpaired) electrons. The van der Waals surface area contributed by atoms with E-state index in [0.717, 1.165) is 30.7 Å². The lowest BCUT2D eigenvalue weighted by Crippen LogP contribution is -2.49. The Morgan fingerprint density at radius 1 is 1.33 bits per heavy atom. The fourth-order valence-corrected chi connectivity index (χ4v) is 4.00. The lowest BCUT2D eigenvalue weighted by atomic mass is 9.83. The van der Waals surface area contributed by atoms with E-state index in [1.165, 1.54) is 0 Å². The number of aryl methyl sites for hydroxylation is 1. The Bertz CT molecular complexity index is 823. The third-order valence-electron chi connectivity index (χ3n) is 5.04. The van der Waals surface area contributed by atoms with Crippen LogP contribution in [0.2, 0.25) is 0 Å². The van der Waals surface area contributed by atoms with Crippen molar-refractivity contribution in [1.29, 1.82) is 0 Å². The van der Waals surface area contributed by atoms with E-state index in [1.807, 2.05) is 21.6 Å². The summed E-state index contributed by atoms with van der Waals surface area (Å²) in [5.41, 5.74) is 1.50. The number of hydrogen-bond donors (Lipinski definition) is 0. The minimum Gasteiger partial charge on any atom is -0.361 e. The molecule has 2 aliphatic heterocycles. The minimum atomic E-state index is -0.0671. The van der Waals surface area contributed by atoms with Gasteiger partial charge in [0.2, 0.25) is 0 Å². The minimum absolute atomic E-state index is 0.0580. The van der Waals surface area contributed by atoms with E-state index >= 15 is 0 Å². The maximum atomic E-state index is 12.8. The first-order chi connectivity index (χ1) is 11.7. The van der Waals surface area contributed by atoms with Crippen molar-refractivity contribution in [3.05, 3.63) is 51.8 Å². The van der Waals surface area contributed by atoms with Crippen LogP contribution in [0.5, 0.6) is 0 Å². The van der Waals surface area contributed by atoms with E-state index in [1.54, 1.807) is 12.1 Å². The highest BCUT2D eigenvalue weighted by atomic mass is 16.5. The van der Waals surface area contributed by atoms with Gasteiger partial charge in [-0.3, -0.25) is 9.59 Å². The van der Waals surface area contributed by atoms with Gasteiger partial charge in [0.1, 0.15) is 5.76 Å². The SMILES string of the molecule is CCCc1cc(C(=O)N2C[C@@H]3C[C@H](C2)c2cccc(=O)n2C3)no1. The number of rotatable bonds is 3.